The standard InChI is InChI=1S/2C21H16F3N3O3.C2HF3O2.ClH/c2*22-21(23,24)15-2-1-3-16-18(15)26-19(29-16)14-10-12-4-5-13(11-17(12)30-20(14)28)27-8-6-25-7-9-27;3-2(4,5)1(6)7;/h2*1-5,10-11,25H,6-9H2;(H,6,7);1H. The third kappa shape index (κ3) is 10.5. The van der Waals surface area contributed by atoms with E-state index in [0.29, 0.717) is 21.9 Å². The second-order valence-electron chi connectivity index (χ2n) is 15.0. The lowest BCUT2D eigenvalue weighted by atomic mass is 10.1. The van der Waals surface area contributed by atoms with E-state index in [2.05, 4.69) is 30.4 Å². The Labute approximate surface area is 381 Å². The molecule has 0 bridgehead atoms. The molecule has 8 aromatic rings. The number of alkyl halides is 9. The zero-order valence-corrected chi connectivity index (χ0v) is 35.5. The molecule has 4 aromatic heterocycles. The van der Waals surface area contributed by atoms with E-state index in [1.165, 1.54) is 36.4 Å². The summed E-state index contributed by atoms with van der Waals surface area (Å²) in [5, 5.41) is 14.9. The van der Waals surface area contributed by atoms with Gasteiger partial charge in [-0.1, -0.05) is 12.1 Å². The van der Waals surface area contributed by atoms with Crippen LogP contribution in [-0.2, 0) is 17.1 Å². The number of benzene rings is 4. The molecule has 0 unspecified atom stereocenters. The van der Waals surface area contributed by atoms with E-state index in [-0.39, 0.29) is 57.5 Å². The van der Waals surface area contributed by atoms with Crippen LogP contribution < -0.4 is 31.7 Å². The fourth-order valence-corrected chi connectivity index (χ4v) is 7.32. The molecule has 3 N–H and O–H groups in total. The molecule has 2 saturated heterocycles. The minimum absolute atomic E-state index is 0. The van der Waals surface area contributed by atoms with Crippen LogP contribution in [0.15, 0.2) is 112 Å². The number of carboxylic acids is 1. The molecule has 24 heteroatoms. The first-order valence-electron chi connectivity index (χ1n) is 20.1. The van der Waals surface area contributed by atoms with Gasteiger partial charge >= 0.3 is 35.7 Å². The Balaban J connectivity index is 0.000000175. The lowest BCUT2D eigenvalue weighted by Crippen LogP contribution is -2.43. The molecule has 2 fully saturated rings. The van der Waals surface area contributed by atoms with E-state index in [0.717, 1.165) is 75.9 Å². The van der Waals surface area contributed by atoms with Crippen molar-refractivity contribution in [2.75, 3.05) is 62.2 Å². The zero-order valence-electron chi connectivity index (χ0n) is 34.6. The molecular weight excluding hydrogens is 947 g/mol. The van der Waals surface area contributed by atoms with Crippen molar-refractivity contribution in [3.63, 3.8) is 0 Å². The van der Waals surface area contributed by atoms with Crippen LogP contribution in [-0.4, -0.2) is 79.6 Å². The zero-order chi connectivity index (χ0) is 47.8. The number of aliphatic carboxylic acids is 1. The topological polar surface area (TPSA) is 180 Å². The molecule has 0 radical (unpaired) electrons. The third-order valence-corrected chi connectivity index (χ3v) is 10.6. The van der Waals surface area contributed by atoms with Gasteiger partial charge in [-0.05, 0) is 60.7 Å². The van der Waals surface area contributed by atoms with Crippen LogP contribution in [0.4, 0.5) is 50.9 Å². The molecule has 68 heavy (non-hydrogen) atoms. The van der Waals surface area contributed by atoms with Crippen LogP contribution in [0.2, 0.25) is 0 Å². The minimum Gasteiger partial charge on any atom is -0.475 e. The second kappa shape index (κ2) is 19.2. The van der Waals surface area contributed by atoms with Gasteiger partial charge in [0.05, 0.1) is 11.1 Å². The number of para-hydroxylation sites is 2. The Morgan fingerprint density at radius 2 is 0.912 bits per heavy atom. The number of aromatic nitrogens is 2. The molecule has 4 aromatic carbocycles. The number of carbonyl (C=O) groups is 1. The molecule has 10 rings (SSSR count). The summed E-state index contributed by atoms with van der Waals surface area (Å²) in [6, 6.07) is 21.2. The summed E-state index contributed by atoms with van der Waals surface area (Å²) in [4.78, 5) is 46.3. The number of hydrogen-bond acceptors (Lipinski definition) is 13. The Kier molecular flexibility index (Phi) is 13.8. The number of nitrogens with one attached hydrogen (secondary N) is 2. The van der Waals surface area contributed by atoms with E-state index in [1.54, 1.807) is 12.1 Å². The number of anilines is 2. The first kappa shape index (κ1) is 48.8. The summed E-state index contributed by atoms with van der Waals surface area (Å²) >= 11 is 0. The van der Waals surface area contributed by atoms with Gasteiger partial charge in [0.15, 0.2) is 11.2 Å². The number of nitrogens with zero attached hydrogens (tertiary/aromatic N) is 4. The molecular formula is C44H34ClF9N6O8. The maximum absolute atomic E-state index is 13.2. The largest absolute Gasteiger partial charge is 0.490 e. The van der Waals surface area contributed by atoms with Crippen LogP contribution in [0.3, 0.4) is 0 Å². The molecule has 358 valence electrons. The molecule has 0 aliphatic carbocycles. The molecule has 0 amide bonds. The van der Waals surface area contributed by atoms with Gasteiger partial charge in [-0.25, -0.2) is 24.4 Å². The quantitative estimate of drug-likeness (QED) is 0.112. The van der Waals surface area contributed by atoms with Gasteiger partial charge in [-0.3, -0.25) is 0 Å². The first-order chi connectivity index (χ1) is 31.7. The average molecular weight is 981 g/mol. The van der Waals surface area contributed by atoms with Crippen molar-refractivity contribution in [1.82, 2.24) is 20.6 Å². The Morgan fingerprint density at radius 3 is 1.25 bits per heavy atom. The van der Waals surface area contributed by atoms with E-state index < -0.39 is 46.9 Å². The highest BCUT2D eigenvalue weighted by atomic mass is 35.5. The van der Waals surface area contributed by atoms with Gasteiger partial charge in [0.25, 0.3) is 0 Å². The lowest BCUT2D eigenvalue weighted by molar-refractivity contribution is -0.192. The predicted octanol–water partition coefficient (Wildman–Crippen LogP) is 9.11. The van der Waals surface area contributed by atoms with Gasteiger partial charge < -0.3 is 43.2 Å². The van der Waals surface area contributed by atoms with Gasteiger partial charge in [-0.2, -0.15) is 39.5 Å². The number of oxazole rings is 2. The molecule has 14 nitrogen and oxygen atoms in total. The van der Waals surface area contributed by atoms with Crippen molar-refractivity contribution in [3.8, 4) is 22.9 Å². The SMILES string of the molecule is Cl.O=C(O)C(F)(F)F.O=c1oc2cc(N3CCNCC3)ccc2cc1-c1nc2c(C(F)(F)F)cccc2o1.O=c1oc2cc(N3CCNCC3)ccc2cc1-c1nc2c(C(F)(F)F)cccc2o1. The fourth-order valence-electron chi connectivity index (χ4n) is 7.32. The Hall–Kier alpha value is -7.11. The van der Waals surface area contributed by atoms with Crippen LogP contribution in [0, 0.1) is 0 Å². The summed E-state index contributed by atoms with van der Waals surface area (Å²) in [6.07, 6.45) is -14.2. The van der Waals surface area contributed by atoms with Gasteiger partial charge in [-0.15, -0.1) is 12.4 Å². The minimum atomic E-state index is -5.08. The first-order valence-corrected chi connectivity index (χ1v) is 20.1. The van der Waals surface area contributed by atoms with Crippen molar-refractivity contribution >= 4 is 73.9 Å². The average Bonchev–Trinajstić information content (AvgIpc) is 3.93. The summed E-state index contributed by atoms with van der Waals surface area (Å²) in [5.41, 5.74) is -1.43. The van der Waals surface area contributed by atoms with E-state index in [9.17, 15) is 49.1 Å². The maximum atomic E-state index is 13.2. The molecule has 2 aliphatic heterocycles. The fraction of sp³-hybridized carbons (Fsp3) is 0.250. The van der Waals surface area contributed by atoms with Crippen LogP contribution in [0.5, 0.6) is 0 Å². The summed E-state index contributed by atoms with van der Waals surface area (Å²) in [6.45, 7) is 6.88. The molecule has 0 spiro atoms. The van der Waals surface area contributed by atoms with E-state index in [1.807, 2.05) is 24.3 Å². The Bertz CT molecular complexity index is 3040. The molecule has 6 heterocycles. The third-order valence-electron chi connectivity index (χ3n) is 10.6. The number of fused-ring (bicyclic) bond motifs is 4. The number of rotatable bonds is 4. The van der Waals surface area contributed by atoms with Crippen LogP contribution in [0.25, 0.3) is 67.0 Å². The van der Waals surface area contributed by atoms with Crippen molar-refractivity contribution in [2.45, 2.75) is 18.5 Å². The number of halogens is 10. The second-order valence-corrected chi connectivity index (χ2v) is 15.0. The van der Waals surface area contributed by atoms with Gasteiger partial charge in [0, 0.05) is 86.6 Å². The van der Waals surface area contributed by atoms with E-state index >= 15 is 0 Å². The summed E-state index contributed by atoms with van der Waals surface area (Å²) < 4.78 is 133. The number of hydrogen-bond donors (Lipinski definition) is 3. The summed E-state index contributed by atoms with van der Waals surface area (Å²) in [7, 11) is 0. The smallest absolute Gasteiger partial charge is 0.475 e. The van der Waals surface area contributed by atoms with Crippen molar-refractivity contribution < 1.29 is 67.1 Å². The number of carboxylic acid groups (broad SMARTS) is 1. The highest BCUT2D eigenvalue weighted by Gasteiger charge is 2.38. The highest BCUT2D eigenvalue weighted by Crippen LogP contribution is 2.38. The molecule has 2 aliphatic rings. The van der Waals surface area contributed by atoms with Crippen molar-refractivity contribution in [2.24, 2.45) is 0 Å². The van der Waals surface area contributed by atoms with Gasteiger partial charge in [0.2, 0.25) is 11.8 Å². The van der Waals surface area contributed by atoms with Crippen LogP contribution in [0.1, 0.15) is 11.1 Å². The van der Waals surface area contributed by atoms with Gasteiger partial charge in [0.1, 0.15) is 33.3 Å². The van der Waals surface area contributed by atoms with Crippen molar-refractivity contribution in [1.29, 1.82) is 0 Å². The number of piperazine rings is 2. The van der Waals surface area contributed by atoms with Crippen LogP contribution >= 0.6 is 12.4 Å². The maximum Gasteiger partial charge on any atom is 0.490 e. The molecule has 0 atom stereocenters. The summed E-state index contributed by atoms with van der Waals surface area (Å²) in [5.74, 6) is -3.17. The predicted molar refractivity (Wildman–Crippen MR) is 232 cm³/mol. The van der Waals surface area contributed by atoms with Crippen molar-refractivity contribution in [3.05, 3.63) is 117 Å². The van der Waals surface area contributed by atoms with E-state index in [4.69, 9.17) is 27.6 Å². The highest BCUT2D eigenvalue weighted by molar-refractivity contribution is 5.87. The lowest BCUT2D eigenvalue weighted by Gasteiger charge is -2.29. The Morgan fingerprint density at radius 1 is 0.544 bits per heavy atom. The normalized spacial score (nSPS) is 14.6. The monoisotopic (exact) mass is 980 g/mol. The molecule has 0 saturated carbocycles.